The minimum Gasteiger partial charge on any atom is -0.465 e. The van der Waals surface area contributed by atoms with Gasteiger partial charge in [0.25, 0.3) is 5.91 Å². The van der Waals surface area contributed by atoms with Crippen LogP contribution >= 0.6 is 11.6 Å². The zero-order valence-electron chi connectivity index (χ0n) is 13.5. The number of amides is 1. The maximum Gasteiger partial charge on any atom is 0.417 e. The fourth-order valence-electron chi connectivity index (χ4n) is 1.96. The Morgan fingerprint density at radius 3 is 2.54 bits per heavy atom. The topological polar surface area (TPSA) is 84.4 Å². The summed E-state index contributed by atoms with van der Waals surface area (Å²) in [6.45, 7) is 0. The number of pyridine rings is 2. The Hall–Kier alpha value is -2.88. The average molecular weight is 389 g/mol. The van der Waals surface area contributed by atoms with E-state index >= 15 is 0 Å². The van der Waals surface area contributed by atoms with E-state index in [0.717, 1.165) is 18.3 Å². The van der Waals surface area contributed by atoms with Crippen LogP contribution in [-0.2, 0) is 10.9 Å². The molecular weight excluding hydrogens is 377 g/mol. The Kier molecular flexibility index (Phi) is 5.66. The second kappa shape index (κ2) is 7.56. The molecule has 0 unspecified atom stereocenters. The first kappa shape index (κ1) is 19.4. The van der Waals surface area contributed by atoms with Crippen LogP contribution in [0.3, 0.4) is 0 Å². The van der Waals surface area contributed by atoms with Gasteiger partial charge in [-0.15, -0.1) is 0 Å². The van der Waals surface area contributed by atoms with Gasteiger partial charge in [-0.25, -0.2) is 9.78 Å². The molecule has 0 radical (unpaired) electrons. The smallest absolute Gasteiger partial charge is 0.417 e. The maximum absolute atomic E-state index is 12.7. The number of carbonyl (C=O) groups is 2. The van der Waals surface area contributed by atoms with Crippen molar-refractivity contribution in [2.45, 2.75) is 6.18 Å². The summed E-state index contributed by atoms with van der Waals surface area (Å²) in [6.07, 6.45) is -1.55. The molecule has 11 heteroatoms. The van der Waals surface area contributed by atoms with E-state index in [1.807, 2.05) is 0 Å². The van der Waals surface area contributed by atoms with E-state index in [1.54, 1.807) is 0 Å². The molecule has 0 bridgehead atoms. The van der Waals surface area contributed by atoms with Crippen molar-refractivity contribution in [3.63, 3.8) is 0 Å². The first-order chi connectivity index (χ1) is 12.1. The summed E-state index contributed by atoms with van der Waals surface area (Å²) in [7, 11) is 2.48. The van der Waals surface area contributed by atoms with E-state index in [-0.39, 0.29) is 22.0 Å². The lowest BCUT2D eigenvalue weighted by molar-refractivity contribution is -0.137. The van der Waals surface area contributed by atoms with Crippen LogP contribution in [0.15, 0.2) is 30.7 Å². The molecule has 1 N–H and O–H groups in total. The molecular formula is C15H12ClF3N4O3. The third-order valence-electron chi connectivity index (χ3n) is 3.21. The standard InChI is InChI=1S/C15H12ClF3N4O3/c1-23(12-11(16)5-8(6-21-12)15(17,18)19)22-13(24)10-7-20-4-3-9(10)14(25)26-2/h3-7H,1-2H3,(H,22,24). The summed E-state index contributed by atoms with van der Waals surface area (Å²) in [5.74, 6) is -1.61. The number of carbonyl (C=O) groups excluding carboxylic acids is 2. The van der Waals surface area contributed by atoms with E-state index in [1.165, 1.54) is 19.3 Å². The van der Waals surface area contributed by atoms with Crippen molar-refractivity contribution in [1.82, 2.24) is 15.4 Å². The van der Waals surface area contributed by atoms with E-state index in [9.17, 15) is 22.8 Å². The number of rotatable bonds is 4. The van der Waals surface area contributed by atoms with Gasteiger partial charge in [-0.2, -0.15) is 13.2 Å². The monoisotopic (exact) mass is 388 g/mol. The molecule has 2 heterocycles. The van der Waals surface area contributed by atoms with Gasteiger partial charge < -0.3 is 4.74 Å². The number of nitrogens with one attached hydrogen (secondary N) is 1. The van der Waals surface area contributed by atoms with Crippen LogP contribution in [0.5, 0.6) is 0 Å². The number of ether oxygens (including phenoxy) is 1. The Morgan fingerprint density at radius 2 is 1.96 bits per heavy atom. The highest BCUT2D eigenvalue weighted by molar-refractivity contribution is 6.33. The summed E-state index contributed by atoms with van der Waals surface area (Å²) in [4.78, 5) is 31.4. The summed E-state index contributed by atoms with van der Waals surface area (Å²) in [6, 6.07) is 1.99. The summed E-state index contributed by atoms with van der Waals surface area (Å²) in [5.41, 5.74) is 1.21. The fraction of sp³-hybridized carbons (Fsp3) is 0.200. The highest BCUT2D eigenvalue weighted by Crippen LogP contribution is 2.32. The quantitative estimate of drug-likeness (QED) is 0.640. The molecule has 2 aromatic heterocycles. The first-order valence-electron chi connectivity index (χ1n) is 6.95. The zero-order chi connectivity index (χ0) is 19.5. The lowest BCUT2D eigenvalue weighted by atomic mass is 10.1. The largest absolute Gasteiger partial charge is 0.465 e. The van der Waals surface area contributed by atoms with Gasteiger partial charge >= 0.3 is 12.1 Å². The summed E-state index contributed by atoms with van der Waals surface area (Å²) < 4.78 is 42.5. The minimum absolute atomic E-state index is 0.0279. The van der Waals surface area contributed by atoms with E-state index in [2.05, 4.69) is 20.1 Å². The molecule has 0 saturated heterocycles. The van der Waals surface area contributed by atoms with Crippen LogP contribution in [-0.4, -0.2) is 36.0 Å². The molecule has 0 saturated carbocycles. The molecule has 1 amide bonds. The molecule has 138 valence electrons. The maximum atomic E-state index is 12.7. The molecule has 2 aromatic rings. The molecule has 2 rings (SSSR count). The van der Waals surface area contributed by atoms with Crippen molar-refractivity contribution in [2.75, 3.05) is 19.2 Å². The lowest BCUT2D eigenvalue weighted by Gasteiger charge is -2.21. The summed E-state index contributed by atoms with van der Waals surface area (Å²) in [5, 5.41) is 0.709. The van der Waals surface area contributed by atoms with Crippen molar-refractivity contribution >= 4 is 29.3 Å². The van der Waals surface area contributed by atoms with Crippen molar-refractivity contribution in [1.29, 1.82) is 0 Å². The first-order valence-corrected chi connectivity index (χ1v) is 7.32. The van der Waals surface area contributed by atoms with Crippen molar-refractivity contribution in [2.24, 2.45) is 0 Å². The summed E-state index contributed by atoms with van der Waals surface area (Å²) >= 11 is 5.82. The normalized spacial score (nSPS) is 11.0. The predicted molar refractivity (Wildman–Crippen MR) is 85.7 cm³/mol. The molecule has 26 heavy (non-hydrogen) atoms. The Balaban J connectivity index is 2.24. The van der Waals surface area contributed by atoms with Gasteiger partial charge in [0.15, 0.2) is 5.82 Å². The van der Waals surface area contributed by atoms with E-state index < -0.39 is 23.6 Å². The van der Waals surface area contributed by atoms with Gasteiger partial charge in [-0.3, -0.25) is 20.2 Å². The highest BCUT2D eigenvalue weighted by atomic mass is 35.5. The second-order valence-corrected chi connectivity index (χ2v) is 5.35. The Morgan fingerprint density at radius 1 is 1.27 bits per heavy atom. The zero-order valence-corrected chi connectivity index (χ0v) is 14.2. The van der Waals surface area contributed by atoms with Crippen LogP contribution < -0.4 is 10.4 Å². The van der Waals surface area contributed by atoms with Gasteiger partial charge in [0, 0.05) is 25.6 Å². The van der Waals surface area contributed by atoms with Gasteiger partial charge in [-0.1, -0.05) is 11.6 Å². The second-order valence-electron chi connectivity index (χ2n) is 4.94. The number of halogens is 4. The van der Waals surface area contributed by atoms with Gasteiger partial charge in [0.2, 0.25) is 0 Å². The number of esters is 1. The number of anilines is 1. The molecule has 0 atom stereocenters. The van der Waals surface area contributed by atoms with Crippen LogP contribution in [0, 0.1) is 0 Å². The van der Waals surface area contributed by atoms with Crippen molar-refractivity contribution < 1.29 is 27.5 Å². The number of hydrogen-bond donors (Lipinski definition) is 1. The molecule has 7 nitrogen and oxygen atoms in total. The third-order valence-corrected chi connectivity index (χ3v) is 3.49. The van der Waals surface area contributed by atoms with Crippen LogP contribution in [0.1, 0.15) is 26.3 Å². The minimum atomic E-state index is -4.60. The number of hydrogen-bond acceptors (Lipinski definition) is 6. The number of alkyl halides is 3. The molecule has 0 fully saturated rings. The average Bonchev–Trinajstić information content (AvgIpc) is 2.59. The Labute approximate surface area is 150 Å². The third kappa shape index (κ3) is 4.20. The SMILES string of the molecule is COC(=O)c1ccncc1C(=O)NN(C)c1ncc(C(F)(F)F)cc1Cl. The number of methoxy groups -OCH3 is 1. The van der Waals surface area contributed by atoms with E-state index in [4.69, 9.17) is 11.6 Å². The molecule has 0 aliphatic carbocycles. The predicted octanol–water partition coefficient (Wildman–Crippen LogP) is 2.72. The molecule has 0 aromatic carbocycles. The molecule has 0 aliphatic rings. The van der Waals surface area contributed by atoms with Crippen molar-refractivity contribution in [3.05, 3.63) is 52.4 Å². The number of nitrogens with zero attached hydrogens (tertiary/aromatic N) is 3. The Bertz CT molecular complexity index is 845. The number of aromatic nitrogens is 2. The lowest BCUT2D eigenvalue weighted by Crippen LogP contribution is -2.40. The van der Waals surface area contributed by atoms with Crippen LogP contribution in [0.2, 0.25) is 5.02 Å². The molecule has 0 spiro atoms. The van der Waals surface area contributed by atoms with Crippen LogP contribution in [0.4, 0.5) is 19.0 Å². The fourth-order valence-corrected chi connectivity index (χ4v) is 2.25. The van der Waals surface area contributed by atoms with Gasteiger partial charge in [-0.05, 0) is 12.1 Å². The number of hydrazine groups is 1. The van der Waals surface area contributed by atoms with Crippen LogP contribution in [0.25, 0.3) is 0 Å². The van der Waals surface area contributed by atoms with Gasteiger partial charge in [0.1, 0.15) is 0 Å². The van der Waals surface area contributed by atoms with Crippen molar-refractivity contribution in [3.8, 4) is 0 Å². The van der Waals surface area contributed by atoms with Gasteiger partial charge in [0.05, 0.1) is 28.8 Å². The molecule has 0 aliphatic heterocycles. The van der Waals surface area contributed by atoms with E-state index in [0.29, 0.717) is 12.3 Å². The highest BCUT2D eigenvalue weighted by Gasteiger charge is 2.32.